The third kappa shape index (κ3) is 4.27. The molecule has 4 rings (SSSR count). The summed E-state index contributed by atoms with van der Waals surface area (Å²) in [5.41, 5.74) is 2.50. The summed E-state index contributed by atoms with van der Waals surface area (Å²) in [6.45, 7) is 1.75. The number of hydrogen-bond donors (Lipinski definition) is 2. The monoisotopic (exact) mass is 385 g/mol. The molecular weight excluding hydrogens is 366 g/mol. The van der Waals surface area contributed by atoms with E-state index < -0.39 is 6.03 Å². The van der Waals surface area contributed by atoms with Gasteiger partial charge in [-0.15, -0.1) is 0 Å². The minimum Gasteiger partial charge on any atom is -0.455 e. The van der Waals surface area contributed by atoms with Gasteiger partial charge in [-0.05, 0) is 31.2 Å². The summed E-state index contributed by atoms with van der Waals surface area (Å²) in [7, 11) is 0. The van der Waals surface area contributed by atoms with Crippen LogP contribution in [0.4, 0.5) is 16.2 Å². The highest BCUT2D eigenvalue weighted by Crippen LogP contribution is 2.31. The first-order valence-corrected chi connectivity index (χ1v) is 9.12. The van der Waals surface area contributed by atoms with Gasteiger partial charge in [0.15, 0.2) is 11.5 Å². The number of amides is 2. The number of rotatable bonds is 5. The lowest BCUT2D eigenvalue weighted by atomic mass is 10.1. The van der Waals surface area contributed by atoms with Crippen LogP contribution in [0.1, 0.15) is 5.76 Å². The number of urea groups is 1. The molecule has 3 aromatic carbocycles. The average molecular weight is 385 g/mol. The zero-order chi connectivity index (χ0) is 20.1. The number of carbonyl (C=O) groups is 1. The summed E-state index contributed by atoms with van der Waals surface area (Å²) >= 11 is 0. The van der Waals surface area contributed by atoms with Gasteiger partial charge in [-0.2, -0.15) is 0 Å². The molecule has 0 radical (unpaired) electrons. The molecule has 144 valence electrons. The molecule has 6 heteroatoms. The number of aromatic nitrogens is 1. The van der Waals surface area contributed by atoms with E-state index in [0.717, 1.165) is 5.56 Å². The van der Waals surface area contributed by atoms with Crippen molar-refractivity contribution >= 4 is 17.4 Å². The smallest absolute Gasteiger partial charge is 0.323 e. The lowest BCUT2D eigenvalue weighted by Crippen LogP contribution is -2.20. The van der Waals surface area contributed by atoms with Gasteiger partial charge in [-0.3, -0.25) is 0 Å². The van der Waals surface area contributed by atoms with Crippen LogP contribution >= 0.6 is 0 Å². The van der Waals surface area contributed by atoms with Crippen LogP contribution in [0.5, 0.6) is 11.5 Å². The van der Waals surface area contributed by atoms with Gasteiger partial charge in [0, 0.05) is 5.56 Å². The Morgan fingerprint density at radius 2 is 1.52 bits per heavy atom. The number of nitrogens with one attached hydrogen (secondary N) is 2. The Bertz CT molecular complexity index is 1110. The van der Waals surface area contributed by atoms with Crippen LogP contribution in [-0.4, -0.2) is 11.2 Å². The summed E-state index contributed by atoms with van der Waals surface area (Å²) in [4.78, 5) is 12.7. The zero-order valence-corrected chi connectivity index (χ0v) is 15.8. The molecule has 0 bridgehead atoms. The first kappa shape index (κ1) is 18.3. The second kappa shape index (κ2) is 8.31. The van der Waals surface area contributed by atoms with E-state index in [2.05, 4.69) is 15.8 Å². The van der Waals surface area contributed by atoms with Crippen molar-refractivity contribution < 1.29 is 14.1 Å². The van der Waals surface area contributed by atoms with Gasteiger partial charge in [-0.1, -0.05) is 65.8 Å². The van der Waals surface area contributed by atoms with Crippen LogP contribution < -0.4 is 15.4 Å². The molecule has 2 amide bonds. The van der Waals surface area contributed by atoms with Crippen LogP contribution in [0.15, 0.2) is 89.5 Å². The van der Waals surface area contributed by atoms with Crippen molar-refractivity contribution in [1.29, 1.82) is 0 Å². The van der Waals surface area contributed by atoms with Crippen LogP contribution in [-0.2, 0) is 0 Å². The Morgan fingerprint density at radius 1 is 0.862 bits per heavy atom. The molecule has 4 aromatic rings. The molecule has 0 unspecified atom stereocenters. The lowest BCUT2D eigenvalue weighted by molar-refractivity contribution is 0.262. The topological polar surface area (TPSA) is 76.4 Å². The first-order valence-electron chi connectivity index (χ1n) is 9.12. The maximum atomic E-state index is 12.7. The minimum atomic E-state index is -0.419. The number of aryl methyl sites for hydroxylation is 1. The fraction of sp³-hybridized carbons (Fsp3) is 0.0435. The number of para-hydroxylation sites is 3. The van der Waals surface area contributed by atoms with Crippen LogP contribution in [0, 0.1) is 6.92 Å². The number of hydrogen-bond acceptors (Lipinski definition) is 4. The van der Waals surface area contributed by atoms with E-state index in [1.807, 2.05) is 72.8 Å². The lowest BCUT2D eigenvalue weighted by Gasteiger charge is -2.13. The molecule has 2 N–H and O–H groups in total. The highest BCUT2D eigenvalue weighted by Gasteiger charge is 2.18. The maximum absolute atomic E-state index is 12.7. The zero-order valence-electron chi connectivity index (χ0n) is 15.8. The van der Waals surface area contributed by atoms with Gasteiger partial charge in [0.1, 0.15) is 17.1 Å². The summed E-state index contributed by atoms with van der Waals surface area (Å²) in [6.07, 6.45) is 0. The predicted octanol–water partition coefficient (Wildman–Crippen LogP) is 6.09. The number of carbonyl (C=O) groups excluding carboxylic acids is 1. The summed E-state index contributed by atoms with van der Waals surface area (Å²) < 4.78 is 11.2. The Kier molecular flexibility index (Phi) is 5.25. The molecule has 1 heterocycles. The SMILES string of the molecule is Cc1onc(-c2ccccc2)c1NC(=O)Nc1ccccc1Oc1ccccc1. The second-order valence-corrected chi connectivity index (χ2v) is 6.32. The molecule has 0 saturated carbocycles. The highest BCUT2D eigenvalue weighted by molar-refractivity contribution is 6.03. The van der Waals surface area contributed by atoms with Gasteiger partial charge in [0.2, 0.25) is 0 Å². The molecule has 29 heavy (non-hydrogen) atoms. The van der Waals surface area contributed by atoms with Crippen LogP contribution in [0.2, 0.25) is 0 Å². The highest BCUT2D eigenvalue weighted by atomic mass is 16.5. The molecule has 0 fully saturated rings. The molecule has 6 nitrogen and oxygen atoms in total. The van der Waals surface area contributed by atoms with Gasteiger partial charge in [0.05, 0.1) is 5.69 Å². The average Bonchev–Trinajstić information content (AvgIpc) is 3.11. The fourth-order valence-corrected chi connectivity index (χ4v) is 2.85. The van der Waals surface area contributed by atoms with Crippen molar-refractivity contribution in [1.82, 2.24) is 5.16 Å². The van der Waals surface area contributed by atoms with E-state index in [0.29, 0.717) is 34.3 Å². The van der Waals surface area contributed by atoms with Crippen molar-refractivity contribution in [2.45, 2.75) is 6.92 Å². The van der Waals surface area contributed by atoms with E-state index in [4.69, 9.17) is 9.26 Å². The van der Waals surface area contributed by atoms with Crippen molar-refractivity contribution in [3.63, 3.8) is 0 Å². The van der Waals surface area contributed by atoms with Crippen molar-refractivity contribution in [2.75, 3.05) is 10.6 Å². The number of anilines is 2. The van der Waals surface area contributed by atoms with Gasteiger partial charge in [-0.25, -0.2) is 4.79 Å². The van der Waals surface area contributed by atoms with E-state index in [1.165, 1.54) is 0 Å². The Hall–Kier alpha value is -4.06. The van der Waals surface area contributed by atoms with E-state index in [9.17, 15) is 4.79 Å². The van der Waals surface area contributed by atoms with Gasteiger partial charge < -0.3 is 19.9 Å². The number of ether oxygens (including phenoxy) is 1. The first-order chi connectivity index (χ1) is 14.2. The molecule has 1 aromatic heterocycles. The van der Waals surface area contributed by atoms with Gasteiger partial charge in [0.25, 0.3) is 0 Å². The summed E-state index contributed by atoms with van der Waals surface area (Å²) in [5, 5.41) is 9.74. The van der Waals surface area contributed by atoms with Gasteiger partial charge >= 0.3 is 6.03 Å². The Morgan fingerprint density at radius 3 is 2.28 bits per heavy atom. The molecule has 0 spiro atoms. The van der Waals surface area contributed by atoms with Crippen LogP contribution in [0.25, 0.3) is 11.3 Å². The quantitative estimate of drug-likeness (QED) is 0.436. The van der Waals surface area contributed by atoms with Crippen molar-refractivity contribution in [3.8, 4) is 22.8 Å². The molecular formula is C23H19N3O3. The normalized spacial score (nSPS) is 10.4. The predicted molar refractivity (Wildman–Crippen MR) is 112 cm³/mol. The molecule has 0 aliphatic carbocycles. The maximum Gasteiger partial charge on any atom is 0.323 e. The van der Waals surface area contributed by atoms with Crippen molar-refractivity contribution in [3.05, 3.63) is 90.7 Å². The molecule has 0 aliphatic rings. The van der Waals surface area contributed by atoms with Crippen molar-refractivity contribution in [2.24, 2.45) is 0 Å². The third-order valence-corrected chi connectivity index (χ3v) is 4.25. The summed E-state index contributed by atoms with van der Waals surface area (Å²) in [6, 6.07) is 25.7. The standard InChI is InChI=1S/C23H19N3O3/c1-16-21(22(26-29-16)17-10-4-2-5-11-17)25-23(27)24-19-14-8-9-15-20(19)28-18-12-6-3-7-13-18/h2-15H,1H3,(H2,24,25,27). The Labute approximate surface area is 168 Å². The van der Waals surface area contributed by atoms with E-state index in [-0.39, 0.29) is 0 Å². The fourth-order valence-electron chi connectivity index (χ4n) is 2.85. The largest absolute Gasteiger partial charge is 0.455 e. The van der Waals surface area contributed by atoms with E-state index in [1.54, 1.807) is 19.1 Å². The Balaban J connectivity index is 1.53. The second-order valence-electron chi connectivity index (χ2n) is 6.32. The summed E-state index contributed by atoms with van der Waals surface area (Å²) in [5.74, 6) is 1.75. The minimum absolute atomic E-state index is 0.419. The number of benzene rings is 3. The molecule has 0 saturated heterocycles. The number of nitrogens with zero attached hydrogens (tertiary/aromatic N) is 1. The molecule has 0 atom stereocenters. The molecule has 0 aliphatic heterocycles. The van der Waals surface area contributed by atoms with Crippen LogP contribution in [0.3, 0.4) is 0 Å². The third-order valence-electron chi connectivity index (χ3n) is 4.25. The van der Waals surface area contributed by atoms with E-state index >= 15 is 0 Å².